The highest BCUT2D eigenvalue weighted by molar-refractivity contribution is 7.21. The average molecular weight is 571 g/mol. The van der Waals surface area contributed by atoms with Gasteiger partial charge in [-0.1, -0.05) is 0 Å². The van der Waals surface area contributed by atoms with E-state index in [1.807, 2.05) is 25.1 Å². The summed E-state index contributed by atoms with van der Waals surface area (Å²) in [5.74, 6) is 0.682. The number of likely N-dealkylation sites (tertiary alicyclic amines) is 1. The molecule has 1 aromatic carbocycles. The second kappa shape index (κ2) is 11.2. The summed E-state index contributed by atoms with van der Waals surface area (Å²) in [7, 11) is 0. The third-order valence-electron chi connectivity index (χ3n) is 7.02. The van der Waals surface area contributed by atoms with Gasteiger partial charge < -0.3 is 20.1 Å². The van der Waals surface area contributed by atoms with Crippen molar-refractivity contribution in [1.29, 1.82) is 0 Å². The number of ether oxygens (including phenoxy) is 2. The van der Waals surface area contributed by atoms with Crippen LogP contribution in [0.3, 0.4) is 0 Å². The van der Waals surface area contributed by atoms with E-state index in [0.717, 1.165) is 58.2 Å². The lowest BCUT2D eigenvalue weighted by molar-refractivity contribution is 0.000481. The Kier molecular flexibility index (Phi) is 7.48. The summed E-state index contributed by atoms with van der Waals surface area (Å²) in [5, 5.41) is 8.48. The van der Waals surface area contributed by atoms with Gasteiger partial charge in [-0.15, -0.1) is 11.3 Å². The fourth-order valence-corrected chi connectivity index (χ4v) is 6.34. The summed E-state index contributed by atoms with van der Waals surface area (Å²) < 4.78 is 25.1. The molecule has 1 saturated heterocycles. The van der Waals surface area contributed by atoms with Crippen molar-refractivity contribution < 1.29 is 18.7 Å². The number of nitrogens with zero attached hydrogens (tertiary/aromatic N) is 4. The maximum atomic E-state index is 12.7. The van der Waals surface area contributed by atoms with Crippen molar-refractivity contribution in [3.05, 3.63) is 46.2 Å². The minimum Gasteiger partial charge on any atom is -0.420 e. The summed E-state index contributed by atoms with van der Waals surface area (Å²) in [6.45, 7) is 4.54. The van der Waals surface area contributed by atoms with E-state index in [9.17, 15) is 9.18 Å². The van der Waals surface area contributed by atoms with Crippen LogP contribution < -0.4 is 15.4 Å². The Morgan fingerprint density at radius 3 is 2.87 bits per heavy atom. The lowest BCUT2D eigenvalue weighted by atomic mass is 10.1. The van der Waals surface area contributed by atoms with Crippen LogP contribution in [0.15, 0.2) is 30.5 Å². The number of pyridine rings is 1. The molecule has 12 heteroatoms. The predicted octanol–water partition coefficient (Wildman–Crippen LogP) is 5.18. The quantitative estimate of drug-likeness (QED) is 0.293. The summed E-state index contributed by atoms with van der Waals surface area (Å²) >= 11 is 7.60. The van der Waals surface area contributed by atoms with Crippen molar-refractivity contribution in [2.45, 2.75) is 38.5 Å². The van der Waals surface area contributed by atoms with Gasteiger partial charge in [0.05, 0.1) is 23.9 Å². The topological polar surface area (TPSA) is 102 Å². The van der Waals surface area contributed by atoms with E-state index >= 15 is 0 Å². The Morgan fingerprint density at radius 2 is 2.05 bits per heavy atom. The number of halogens is 2. The normalized spacial score (nSPS) is 18.5. The number of alkyl halides is 1. The number of fused-ring (bicyclic) bond motifs is 5. The predicted molar refractivity (Wildman–Crippen MR) is 150 cm³/mol. The number of amides is 1. The summed E-state index contributed by atoms with van der Waals surface area (Å²) in [5.41, 5.74) is 2.39. The second-order valence-corrected chi connectivity index (χ2v) is 11.2. The lowest BCUT2D eigenvalue weighted by Gasteiger charge is -2.31. The number of nitrogens with one attached hydrogen (secondary N) is 2. The van der Waals surface area contributed by atoms with Crippen molar-refractivity contribution in [2.24, 2.45) is 0 Å². The summed E-state index contributed by atoms with van der Waals surface area (Å²) in [4.78, 5) is 28.9. The van der Waals surface area contributed by atoms with Crippen LogP contribution in [-0.4, -0.2) is 70.8 Å². The SMILES string of the molecule is C[C@H]1CNc2c(sc3ccc4nc(Oc5nc(Cl)ncc5CN5CCC(OCCF)CC5)ccc4c23)C(=O)N1. The van der Waals surface area contributed by atoms with Crippen LogP contribution in [0.1, 0.15) is 35.0 Å². The van der Waals surface area contributed by atoms with Crippen LogP contribution in [0.5, 0.6) is 11.8 Å². The molecule has 0 radical (unpaired) electrons. The highest BCUT2D eigenvalue weighted by Gasteiger charge is 2.25. The van der Waals surface area contributed by atoms with Crippen LogP contribution in [0, 0.1) is 0 Å². The Bertz CT molecular complexity index is 1530. The molecule has 0 bridgehead atoms. The van der Waals surface area contributed by atoms with Gasteiger partial charge >= 0.3 is 0 Å². The van der Waals surface area contributed by atoms with Crippen LogP contribution in [0.25, 0.3) is 21.0 Å². The van der Waals surface area contributed by atoms with Crippen molar-refractivity contribution in [3.63, 3.8) is 0 Å². The van der Waals surface area contributed by atoms with E-state index in [4.69, 9.17) is 26.1 Å². The molecule has 204 valence electrons. The van der Waals surface area contributed by atoms with Gasteiger partial charge in [-0.2, -0.15) is 4.98 Å². The molecule has 9 nitrogen and oxygen atoms in total. The summed E-state index contributed by atoms with van der Waals surface area (Å²) in [6.07, 6.45) is 3.45. The number of benzene rings is 1. The molecule has 0 aliphatic carbocycles. The molecule has 3 aromatic heterocycles. The first kappa shape index (κ1) is 26.1. The smallest absolute Gasteiger partial charge is 0.263 e. The molecule has 1 atom stereocenters. The Morgan fingerprint density at radius 1 is 1.21 bits per heavy atom. The fraction of sp³-hybridized carbons (Fsp3) is 0.407. The molecular formula is C27H28ClFN6O3S. The fourth-order valence-electron chi connectivity index (χ4n) is 5.12. The number of rotatable bonds is 7. The zero-order chi connectivity index (χ0) is 26.9. The van der Waals surface area contributed by atoms with Crippen LogP contribution in [-0.2, 0) is 11.3 Å². The van der Waals surface area contributed by atoms with Crippen molar-refractivity contribution in [2.75, 3.05) is 38.2 Å². The molecule has 2 aliphatic rings. The number of hydrogen-bond acceptors (Lipinski definition) is 9. The van der Waals surface area contributed by atoms with E-state index in [-0.39, 0.29) is 29.9 Å². The monoisotopic (exact) mass is 570 g/mol. The maximum absolute atomic E-state index is 12.7. The van der Waals surface area contributed by atoms with Gasteiger partial charge in [0, 0.05) is 65.5 Å². The van der Waals surface area contributed by atoms with E-state index < -0.39 is 6.67 Å². The van der Waals surface area contributed by atoms with E-state index in [2.05, 4.69) is 25.5 Å². The van der Waals surface area contributed by atoms with Crippen molar-refractivity contribution >= 4 is 55.5 Å². The first-order valence-electron chi connectivity index (χ1n) is 13.0. The highest BCUT2D eigenvalue weighted by Crippen LogP contribution is 2.41. The largest absolute Gasteiger partial charge is 0.420 e. The van der Waals surface area contributed by atoms with Gasteiger partial charge in [-0.25, -0.2) is 14.4 Å². The lowest BCUT2D eigenvalue weighted by Crippen LogP contribution is -2.37. The van der Waals surface area contributed by atoms with Gasteiger partial charge in [0.2, 0.25) is 17.0 Å². The number of hydrogen-bond donors (Lipinski definition) is 2. The number of aromatic nitrogens is 3. The molecule has 39 heavy (non-hydrogen) atoms. The molecule has 0 spiro atoms. The number of carbonyl (C=O) groups is 1. The van der Waals surface area contributed by atoms with E-state index in [1.165, 1.54) is 11.3 Å². The molecular weight excluding hydrogens is 543 g/mol. The highest BCUT2D eigenvalue weighted by atomic mass is 35.5. The molecule has 2 aliphatic heterocycles. The van der Waals surface area contributed by atoms with Gasteiger partial charge in [-0.05, 0) is 49.6 Å². The van der Waals surface area contributed by atoms with Crippen molar-refractivity contribution in [1.82, 2.24) is 25.2 Å². The minimum atomic E-state index is -0.459. The second-order valence-electron chi connectivity index (χ2n) is 9.82. The zero-order valence-corrected chi connectivity index (χ0v) is 22.9. The van der Waals surface area contributed by atoms with Gasteiger partial charge in [-0.3, -0.25) is 9.69 Å². The summed E-state index contributed by atoms with van der Waals surface area (Å²) in [6, 6.07) is 7.73. The number of thiophene rings is 1. The van der Waals surface area contributed by atoms with E-state index in [0.29, 0.717) is 29.7 Å². The molecule has 4 aromatic rings. The Labute approximate surface area is 233 Å². The first-order chi connectivity index (χ1) is 19.0. The molecule has 2 N–H and O–H groups in total. The third kappa shape index (κ3) is 5.49. The number of piperidine rings is 1. The average Bonchev–Trinajstić information content (AvgIpc) is 3.25. The number of anilines is 1. The molecule has 0 unspecified atom stereocenters. The van der Waals surface area contributed by atoms with Crippen LogP contribution >= 0.6 is 22.9 Å². The Balaban J connectivity index is 1.25. The molecule has 5 heterocycles. The maximum Gasteiger partial charge on any atom is 0.263 e. The van der Waals surface area contributed by atoms with E-state index in [1.54, 1.807) is 12.3 Å². The van der Waals surface area contributed by atoms with Gasteiger partial charge in [0.15, 0.2) is 0 Å². The molecule has 1 fully saturated rings. The molecule has 6 rings (SSSR count). The van der Waals surface area contributed by atoms with Crippen molar-refractivity contribution in [3.8, 4) is 11.8 Å². The first-order valence-corrected chi connectivity index (χ1v) is 14.2. The molecule has 1 amide bonds. The molecule has 0 saturated carbocycles. The number of carbonyl (C=O) groups excluding carboxylic acids is 1. The minimum absolute atomic E-state index is 0.0372. The van der Waals surface area contributed by atoms with Crippen LogP contribution in [0.4, 0.5) is 10.1 Å². The van der Waals surface area contributed by atoms with Gasteiger partial charge in [0.1, 0.15) is 11.6 Å². The standard InChI is InChI=1S/C27H28ClFN6O3S/c1-15-12-30-23-22-18-2-5-21(33-19(18)3-4-20(22)39-24(23)25(36)32-15)38-26-16(13-31-27(28)34-26)14-35-9-6-17(7-10-35)37-11-8-29/h2-5,13,15,17,30H,6-12,14H2,1H3,(H,32,36)/t15-/m0/s1. The van der Waals surface area contributed by atoms with Gasteiger partial charge in [0.25, 0.3) is 5.91 Å². The zero-order valence-electron chi connectivity index (χ0n) is 21.4. The van der Waals surface area contributed by atoms with Crippen LogP contribution in [0.2, 0.25) is 5.28 Å². The Hall–Kier alpha value is -3.12. The third-order valence-corrected chi connectivity index (χ3v) is 8.36.